The first-order valence-electron chi connectivity index (χ1n) is 6.29. The number of hydrogen-bond acceptors (Lipinski definition) is 1. The number of rotatable bonds is 2. The summed E-state index contributed by atoms with van der Waals surface area (Å²) in [6.07, 6.45) is 0. The molecular formula is C16H18Cl2S. The molecule has 0 saturated carbocycles. The second kappa shape index (κ2) is 5.47. The van der Waals surface area contributed by atoms with Gasteiger partial charge in [-0.05, 0) is 47.7 Å². The van der Waals surface area contributed by atoms with Gasteiger partial charge in [-0.15, -0.1) is 22.9 Å². The van der Waals surface area contributed by atoms with Crippen molar-refractivity contribution in [2.75, 3.05) is 0 Å². The van der Waals surface area contributed by atoms with Gasteiger partial charge < -0.3 is 0 Å². The van der Waals surface area contributed by atoms with Gasteiger partial charge in [0, 0.05) is 14.8 Å². The van der Waals surface area contributed by atoms with Gasteiger partial charge in [-0.2, -0.15) is 0 Å². The Hall–Kier alpha value is -0.500. The smallest absolute Gasteiger partial charge is 0.0928 e. The van der Waals surface area contributed by atoms with Crippen molar-refractivity contribution in [2.24, 2.45) is 0 Å². The third-order valence-electron chi connectivity index (χ3n) is 2.97. The van der Waals surface area contributed by atoms with Crippen LogP contribution in [0.3, 0.4) is 0 Å². The topological polar surface area (TPSA) is 0 Å². The van der Waals surface area contributed by atoms with Gasteiger partial charge in [-0.25, -0.2) is 0 Å². The molecule has 0 saturated heterocycles. The molecule has 3 heteroatoms. The Morgan fingerprint density at radius 1 is 1.11 bits per heavy atom. The summed E-state index contributed by atoms with van der Waals surface area (Å²) in [5.74, 6) is 0. The maximum atomic E-state index is 6.59. The number of thiophene rings is 1. The molecule has 0 nitrogen and oxygen atoms in total. The molecule has 2 aromatic rings. The van der Waals surface area contributed by atoms with Gasteiger partial charge in [0.25, 0.3) is 0 Å². The van der Waals surface area contributed by atoms with E-state index in [-0.39, 0.29) is 10.8 Å². The normalized spacial score (nSPS) is 13.6. The maximum absolute atomic E-state index is 6.59. The first-order valence-corrected chi connectivity index (χ1v) is 7.92. The number of alkyl halides is 1. The fourth-order valence-corrected chi connectivity index (χ4v) is 3.67. The zero-order valence-corrected chi connectivity index (χ0v) is 14.0. The lowest BCUT2D eigenvalue weighted by Gasteiger charge is -2.15. The van der Waals surface area contributed by atoms with Gasteiger partial charge in [0.2, 0.25) is 0 Å². The van der Waals surface area contributed by atoms with Crippen LogP contribution in [0.4, 0.5) is 0 Å². The van der Waals surface area contributed by atoms with E-state index in [1.807, 2.05) is 19.1 Å². The number of benzene rings is 1. The lowest BCUT2D eigenvalue weighted by molar-refractivity contribution is 0.604. The molecule has 0 bridgehead atoms. The largest absolute Gasteiger partial charge is 0.143 e. The molecule has 102 valence electrons. The Labute approximate surface area is 129 Å². The molecule has 1 heterocycles. The van der Waals surface area contributed by atoms with Crippen LogP contribution >= 0.6 is 34.5 Å². The van der Waals surface area contributed by atoms with E-state index >= 15 is 0 Å². The van der Waals surface area contributed by atoms with Crippen LogP contribution in [0.1, 0.15) is 47.0 Å². The van der Waals surface area contributed by atoms with E-state index in [1.54, 1.807) is 11.3 Å². The molecule has 2 rings (SSSR count). The van der Waals surface area contributed by atoms with E-state index in [0.717, 1.165) is 16.1 Å². The van der Waals surface area contributed by atoms with Crippen molar-refractivity contribution in [1.82, 2.24) is 0 Å². The van der Waals surface area contributed by atoms with Gasteiger partial charge in [0.05, 0.1) is 5.38 Å². The van der Waals surface area contributed by atoms with Gasteiger partial charge in [0.1, 0.15) is 0 Å². The molecule has 0 aliphatic carbocycles. The van der Waals surface area contributed by atoms with Crippen molar-refractivity contribution in [3.05, 3.63) is 56.2 Å². The fraction of sp³-hybridized carbons (Fsp3) is 0.375. The van der Waals surface area contributed by atoms with Gasteiger partial charge in [0.15, 0.2) is 0 Å². The number of aryl methyl sites for hydroxylation is 1. The van der Waals surface area contributed by atoms with Gasteiger partial charge in [-0.1, -0.05) is 38.4 Å². The standard InChI is InChI=1S/C16H18Cl2S/c1-10-7-11(9-12(17)8-10)15(18)13-5-6-14(19-13)16(2,3)4/h5-9,15H,1-4H3. The van der Waals surface area contributed by atoms with Crippen LogP contribution in [0.5, 0.6) is 0 Å². The van der Waals surface area contributed by atoms with E-state index in [0.29, 0.717) is 0 Å². The predicted molar refractivity (Wildman–Crippen MR) is 86.9 cm³/mol. The van der Waals surface area contributed by atoms with Crippen molar-refractivity contribution < 1.29 is 0 Å². The molecule has 0 N–H and O–H groups in total. The minimum absolute atomic E-state index is 0.126. The van der Waals surface area contributed by atoms with E-state index in [1.165, 1.54) is 9.75 Å². The Morgan fingerprint density at radius 2 is 1.79 bits per heavy atom. The van der Waals surface area contributed by atoms with Crippen LogP contribution < -0.4 is 0 Å². The van der Waals surface area contributed by atoms with Crippen molar-refractivity contribution in [3.63, 3.8) is 0 Å². The molecule has 1 aromatic heterocycles. The summed E-state index contributed by atoms with van der Waals surface area (Å²) in [4.78, 5) is 2.53. The average molecular weight is 313 g/mol. The number of hydrogen-bond donors (Lipinski definition) is 0. The van der Waals surface area contributed by atoms with Crippen molar-refractivity contribution in [2.45, 2.75) is 38.5 Å². The second-order valence-corrected chi connectivity index (χ2v) is 7.86. The number of halogens is 2. The molecule has 0 spiro atoms. The highest BCUT2D eigenvalue weighted by Crippen LogP contribution is 2.38. The minimum Gasteiger partial charge on any atom is -0.143 e. The monoisotopic (exact) mass is 312 g/mol. The van der Waals surface area contributed by atoms with Crippen molar-refractivity contribution >= 4 is 34.5 Å². The Kier molecular flexibility index (Phi) is 4.29. The van der Waals surface area contributed by atoms with Crippen LogP contribution in [0.2, 0.25) is 5.02 Å². The Morgan fingerprint density at radius 3 is 2.32 bits per heavy atom. The molecule has 0 radical (unpaired) electrons. The fourth-order valence-electron chi connectivity index (χ4n) is 1.97. The highest BCUT2D eigenvalue weighted by Gasteiger charge is 2.20. The molecule has 0 amide bonds. The summed E-state index contributed by atoms with van der Waals surface area (Å²) >= 11 is 14.5. The summed E-state index contributed by atoms with van der Waals surface area (Å²) < 4.78 is 0. The summed E-state index contributed by atoms with van der Waals surface area (Å²) in [5.41, 5.74) is 2.37. The second-order valence-electron chi connectivity index (χ2n) is 5.88. The van der Waals surface area contributed by atoms with Crippen LogP contribution in [-0.2, 0) is 5.41 Å². The zero-order chi connectivity index (χ0) is 14.2. The zero-order valence-electron chi connectivity index (χ0n) is 11.6. The molecule has 0 aliphatic heterocycles. The lowest BCUT2D eigenvalue weighted by atomic mass is 9.95. The Balaban J connectivity index is 2.33. The third kappa shape index (κ3) is 3.53. The highest BCUT2D eigenvalue weighted by atomic mass is 35.5. The summed E-state index contributed by atoms with van der Waals surface area (Å²) in [6, 6.07) is 10.3. The molecule has 0 fully saturated rings. The maximum Gasteiger partial charge on any atom is 0.0928 e. The van der Waals surface area contributed by atoms with Gasteiger partial charge >= 0.3 is 0 Å². The molecular weight excluding hydrogens is 295 g/mol. The summed E-state index contributed by atoms with van der Waals surface area (Å²) in [6.45, 7) is 8.69. The highest BCUT2D eigenvalue weighted by molar-refractivity contribution is 7.12. The van der Waals surface area contributed by atoms with Crippen LogP contribution in [0, 0.1) is 6.92 Å². The van der Waals surface area contributed by atoms with Crippen LogP contribution in [0.15, 0.2) is 30.3 Å². The van der Waals surface area contributed by atoms with E-state index in [2.05, 4.69) is 39.0 Å². The predicted octanol–water partition coefficient (Wildman–Crippen LogP) is 6.34. The van der Waals surface area contributed by atoms with Crippen LogP contribution in [0.25, 0.3) is 0 Å². The minimum atomic E-state index is -0.126. The van der Waals surface area contributed by atoms with Crippen molar-refractivity contribution in [3.8, 4) is 0 Å². The third-order valence-corrected chi connectivity index (χ3v) is 5.38. The first-order chi connectivity index (χ1) is 8.77. The molecule has 19 heavy (non-hydrogen) atoms. The average Bonchev–Trinajstić information content (AvgIpc) is 2.75. The van der Waals surface area contributed by atoms with Crippen LogP contribution in [-0.4, -0.2) is 0 Å². The molecule has 1 atom stereocenters. The SMILES string of the molecule is Cc1cc(Cl)cc(C(Cl)c2ccc(C(C)(C)C)s2)c1. The Bertz CT molecular complexity index is 558. The summed E-state index contributed by atoms with van der Waals surface area (Å²) in [7, 11) is 0. The summed E-state index contributed by atoms with van der Waals surface area (Å²) in [5, 5.41) is 0.617. The first kappa shape index (κ1) is 14.9. The lowest BCUT2D eigenvalue weighted by Crippen LogP contribution is -2.07. The van der Waals surface area contributed by atoms with Gasteiger partial charge in [-0.3, -0.25) is 0 Å². The quantitative estimate of drug-likeness (QED) is 0.568. The van der Waals surface area contributed by atoms with E-state index in [9.17, 15) is 0 Å². The van der Waals surface area contributed by atoms with E-state index < -0.39 is 0 Å². The molecule has 1 aromatic carbocycles. The molecule has 0 aliphatic rings. The van der Waals surface area contributed by atoms with Crippen molar-refractivity contribution in [1.29, 1.82) is 0 Å². The van der Waals surface area contributed by atoms with E-state index in [4.69, 9.17) is 23.2 Å². The molecule has 1 unspecified atom stereocenters.